The molecule has 0 aromatic heterocycles. The van der Waals surface area contributed by atoms with Crippen LogP contribution >= 0.6 is 11.6 Å². The summed E-state index contributed by atoms with van der Waals surface area (Å²) in [4.78, 5) is 41.8. The topological polar surface area (TPSA) is 397 Å². The molecule has 526 valence electrons. The number of amides is 2. The predicted molar refractivity (Wildman–Crippen MR) is 349 cm³/mol. The van der Waals surface area contributed by atoms with Crippen LogP contribution in [0.15, 0.2) is 114 Å². The number of benzene rings is 4. The minimum absolute atomic E-state index is 0.000147. The zero-order valence-corrected chi connectivity index (χ0v) is 57.9. The molecule has 4 aromatic carbocycles. The van der Waals surface area contributed by atoms with E-state index in [4.69, 9.17) is 44.9 Å². The smallest absolute Gasteiger partial charge is 0.333 e. The van der Waals surface area contributed by atoms with Crippen LogP contribution in [-0.2, 0) is 109 Å². The van der Waals surface area contributed by atoms with Gasteiger partial charge < -0.3 is 38.2 Å². The summed E-state index contributed by atoms with van der Waals surface area (Å²) in [6.07, 6.45) is 7.68. The highest BCUT2D eigenvalue weighted by atomic mass is 35.5. The number of fused-ring (bicyclic) bond motifs is 6. The van der Waals surface area contributed by atoms with Gasteiger partial charge in [-0.1, -0.05) is 29.8 Å². The Kier molecular flexibility index (Phi) is 24.9. The number of ether oxygens (including phenoxy) is 6. The van der Waals surface area contributed by atoms with Gasteiger partial charge in [-0.05, 0) is 129 Å². The summed E-state index contributed by atoms with van der Waals surface area (Å²) in [5, 5.41) is 0.507. The highest BCUT2D eigenvalue weighted by molar-refractivity contribution is 7.87. The van der Waals surface area contributed by atoms with E-state index in [1.165, 1.54) is 12.1 Å². The Morgan fingerprint density at radius 3 is 1.64 bits per heavy atom. The average molecular weight is 1460 g/mol. The maximum Gasteiger partial charge on any atom is 0.333 e. The molecule has 3 heterocycles. The van der Waals surface area contributed by atoms with Gasteiger partial charge in [0.2, 0.25) is 5.69 Å². The van der Waals surface area contributed by atoms with Crippen LogP contribution in [0.2, 0.25) is 0 Å². The quantitative estimate of drug-likeness (QED) is 0.0130. The number of anilines is 1. The fraction of sp³-hybridized carbons (Fsp3) is 0.484. The molecule has 28 nitrogen and oxygen atoms in total. The molecule has 0 bridgehead atoms. The fourth-order valence-electron chi connectivity index (χ4n) is 12.6. The van der Waals surface area contributed by atoms with E-state index in [1.807, 2.05) is 9.48 Å². The number of hydrogen-bond donors (Lipinski definition) is 5. The third kappa shape index (κ3) is 17.9. The van der Waals surface area contributed by atoms with Gasteiger partial charge in [0.05, 0.1) is 93.4 Å². The molecule has 3 aliphatic heterocycles. The van der Waals surface area contributed by atoms with Crippen molar-refractivity contribution in [3.8, 4) is 0 Å². The van der Waals surface area contributed by atoms with Crippen LogP contribution in [0.3, 0.4) is 0 Å². The number of nitrogens with zero attached hydrogens (tertiary/aromatic N) is 3. The Morgan fingerprint density at radius 1 is 0.604 bits per heavy atom. The molecule has 5 N–H and O–H groups in total. The van der Waals surface area contributed by atoms with Gasteiger partial charge in [-0.2, -0.15) is 46.7 Å². The summed E-state index contributed by atoms with van der Waals surface area (Å²) in [6, 6.07) is 9.29. The van der Waals surface area contributed by atoms with Crippen LogP contribution in [0, 0.1) is 0 Å². The van der Waals surface area contributed by atoms with Gasteiger partial charge in [-0.25, -0.2) is 4.79 Å². The fourth-order valence-corrected chi connectivity index (χ4v) is 16.1. The lowest BCUT2D eigenvalue weighted by atomic mass is 9.74. The standard InChI is InChI=1S/C62H76ClN3O25S5/c1-5-64-49-16-14-45-47(37-43(93(73,74)75)39-51(45)95(79,80)81)58(49)61(2,22-8-36-92(70,71)72)53(64)18-12-41-9-6-10-42(60(41)63)13-19-54-62(3,23-25-86-28-29-88-32-33-90-35-34-89-31-30-87-27-26-85-4)59-48-38-44(94(76,77)78)40-52(96(82,83)84)46(48)15-17-50(59)65(54)24-7-11-57(69)91-66-55(67)20-21-56(66)68/h12-19,37-40H,5-11,20-36H2,1-4H3,(H4-,70,71,72,73,74,75,76,77,78,79,80,81,82,83,84)/p+1. The van der Waals surface area contributed by atoms with Crippen LogP contribution < -0.4 is 4.90 Å². The van der Waals surface area contributed by atoms with E-state index < -0.39 is 105 Å². The van der Waals surface area contributed by atoms with Crippen LogP contribution in [0.1, 0.15) is 96.1 Å². The summed E-state index contributed by atoms with van der Waals surface area (Å²) in [6.45, 7) is 8.67. The van der Waals surface area contributed by atoms with Gasteiger partial charge in [0.25, 0.3) is 62.4 Å². The van der Waals surface area contributed by atoms with Gasteiger partial charge in [-0.3, -0.25) is 32.4 Å². The molecule has 4 aromatic rings. The SMILES string of the molecule is CCN1C(=CC=C2CCCC(C=CC3=[N+](CCCC(=O)ON4C(=O)CCC4=O)c4ccc5c(S(=O)(=O)O)cc(S(=O)(=O)O)cc5c4C3(C)CCOCCOCCOCCOCCOCCOC)=C2Cl)C(C)(CCCS(=O)(=O)O)c2c1ccc1c(S(=O)(=O)O)cc(S(=O)(=O)O)cc21. The molecule has 0 spiro atoms. The number of likely N-dealkylation sites (N-methyl/N-ethyl adjacent to an activating group) is 1. The van der Waals surface area contributed by atoms with Gasteiger partial charge in [0.1, 0.15) is 16.3 Å². The number of carbonyl (C=O) groups is 3. The average Bonchev–Trinajstić information content (AvgIpc) is 1.53. The molecule has 4 aliphatic rings. The summed E-state index contributed by atoms with van der Waals surface area (Å²) in [5.41, 5.74) is 1.08. The summed E-state index contributed by atoms with van der Waals surface area (Å²) < 4.78 is 214. The molecule has 96 heavy (non-hydrogen) atoms. The first-order chi connectivity index (χ1) is 45.1. The lowest BCUT2D eigenvalue weighted by molar-refractivity contribution is -0.438. The van der Waals surface area contributed by atoms with Crippen molar-refractivity contribution in [1.82, 2.24) is 5.06 Å². The third-order valence-electron chi connectivity index (χ3n) is 17.0. The zero-order chi connectivity index (χ0) is 70.2. The third-order valence-corrected chi connectivity index (χ3v) is 21.8. The second kappa shape index (κ2) is 31.5. The lowest BCUT2D eigenvalue weighted by Gasteiger charge is -2.30. The Labute approximate surface area is 562 Å². The summed E-state index contributed by atoms with van der Waals surface area (Å²) in [5.74, 6) is -2.97. The summed E-state index contributed by atoms with van der Waals surface area (Å²) >= 11 is 7.42. The van der Waals surface area contributed by atoms with E-state index in [1.54, 1.807) is 64.3 Å². The first kappa shape index (κ1) is 75.8. The van der Waals surface area contributed by atoms with Crippen molar-refractivity contribution in [1.29, 1.82) is 0 Å². The van der Waals surface area contributed by atoms with E-state index >= 15 is 0 Å². The minimum atomic E-state index is -5.18. The maximum absolute atomic E-state index is 13.3. The lowest BCUT2D eigenvalue weighted by Crippen LogP contribution is -2.34. The second-order valence-corrected chi connectivity index (χ2v) is 31.0. The van der Waals surface area contributed by atoms with Crippen LogP contribution in [0.4, 0.5) is 11.4 Å². The first-order valence-corrected chi connectivity index (χ1v) is 38.3. The Bertz CT molecular complexity index is 4420. The molecule has 0 saturated carbocycles. The molecule has 2 unspecified atom stereocenters. The minimum Gasteiger partial charge on any atom is -0.382 e. The number of carbonyl (C=O) groups excluding carboxylic acids is 3. The van der Waals surface area contributed by atoms with Crippen molar-refractivity contribution in [2.75, 3.05) is 104 Å². The highest BCUT2D eigenvalue weighted by Gasteiger charge is 2.50. The Balaban J connectivity index is 1.18. The number of hydrogen-bond acceptors (Lipinski definition) is 21. The monoisotopic (exact) mass is 1460 g/mol. The number of imide groups is 1. The van der Waals surface area contributed by atoms with Crippen molar-refractivity contribution in [2.45, 2.75) is 115 Å². The Hall–Kier alpha value is -5.96. The Morgan fingerprint density at radius 2 is 1.12 bits per heavy atom. The van der Waals surface area contributed by atoms with E-state index in [0.29, 0.717) is 126 Å². The number of halogens is 1. The van der Waals surface area contributed by atoms with E-state index in [9.17, 15) is 79.2 Å². The number of hydroxylamine groups is 2. The van der Waals surface area contributed by atoms with Crippen LogP contribution in [-0.4, -0.2) is 197 Å². The highest BCUT2D eigenvalue weighted by Crippen LogP contribution is 2.55. The first-order valence-electron chi connectivity index (χ1n) is 30.6. The van der Waals surface area contributed by atoms with Crippen molar-refractivity contribution in [3.05, 3.63) is 106 Å². The molecular weight excluding hydrogens is 1380 g/mol. The van der Waals surface area contributed by atoms with Gasteiger partial charge in [0.15, 0.2) is 5.71 Å². The predicted octanol–water partition coefficient (Wildman–Crippen LogP) is 7.35. The van der Waals surface area contributed by atoms with Gasteiger partial charge in [0, 0.05) is 89.8 Å². The van der Waals surface area contributed by atoms with Crippen LogP contribution in [0.25, 0.3) is 21.5 Å². The van der Waals surface area contributed by atoms with Crippen molar-refractivity contribution >= 4 is 119 Å². The molecule has 1 saturated heterocycles. The van der Waals surface area contributed by atoms with Gasteiger partial charge in [-0.15, -0.1) is 5.06 Å². The summed E-state index contributed by atoms with van der Waals surface area (Å²) in [7, 11) is -23.5. The molecular formula is C62H77ClN3O25S5+. The van der Waals surface area contributed by atoms with E-state index in [-0.39, 0.29) is 113 Å². The molecule has 8 rings (SSSR count). The number of rotatable bonds is 35. The molecule has 2 atom stereocenters. The van der Waals surface area contributed by atoms with Crippen molar-refractivity contribution in [2.24, 2.45) is 0 Å². The second-order valence-electron chi connectivity index (χ2n) is 23.4. The molecule has 1 aliphatic carbocycles. The normalized spacial score (nSPS) is 19.8. The zero-order valence-electron chi connectivity index (χ0n) is 53.1. The largest absolute Gasteiger partial charge is 0.382 e. The molecule has 34 heteroatoms. The van der Waals surface area contributed by atoms with Crippen molar-refractivity contribution in [3.63, 3.8) is 0 Å². The molecule has 0 radical (unpaired) electrons. The number of allylic oxidation sites excluding steroid dienone is 8. The van der Waals surface area contributed by atoms with Gasteiger partial charge >= 0.3 is 5.97 Å². The maximum atomic E-state index is 13.3. The van der Waals surface area contributed by atoms with E-state index in [2.05, 4.69) is 0 Å². The van der Waals surface area contributed by atoms with Crippen LogP contribution in [0.5, 0.6) is 0 Å². The molecule has 1 fully saturated rings. The van der Waals surface area contributed by atoms with E-state index in [0.717, 1.165) is 12.1 Å². The molecule has 2 amide bonds. The van der Waals surface area contributed by atoms with Crippen molar-refractivity contribution < 1.29 is 117 Å². The number of methoxy groups -OCH3 is 1.